The van der Waals surface area contributed by atoms with Crippen LogP contribution in [0.3, 0.4) is 0 Å². The molecule has 102 valence electrons. The van der Waals surface area contributed by atoms with Crippen LogP contribution in [0.2, 0.25) is 0 Å². The number of aromatic hydroxyl groups is 1. The van der Waals surface area contributed by atoms with Crippen LogP contribution in [0.4, 0.5) is 5.69 Å². The van der Waals surface area contributed by atoms with Crippen molar-refractivity contribution >= 4 is 12.0 Å². The summed E-state index contributed by atoms with van der Waals surface area (Å²) < 4.78 is 0. The van der Waals surface area contributed by atoms with Crippen molar-refractivity contribution in [3.05, 3.63) is 24.3 Å². The minimum absolute atomic E-state index is 0.300. The van der Waals surface area contributed by atoms with Crippen LogP contribution in [0.5, 0.6) is 5.75 Å². The monoisotopic (exact) mass is 252 g/mol. The Bertz CT molecular complexity index is 312. The molecule has 0 aliphatic heterocycles. The van der Waals surface area contributed by atoms with E-state index in [-0.39, 0.29) is 0 Å². The number of nitrogens with one attached hydrogen (secondary N) is 2. The lowest BCUT2D eigenvalue weighted by Crippen LogP contribution is -2.18. The molecular weight excluding hydrogens is 228 g/mol. The lowest BCUT2D eigenvalue weighted by atomic mass is 10.0. The standard InChI is InChI=1S/C7H9NO.C7H15NO/c1-8-6-2-4-7(9)5-3-6;1-3-7(4-5-9)6-8-2/h2-5,8-9H,1H3;5,7-8H,3-4,6H2,1-2H3. The van der Waals surface area contributed by atoms with E-state index in [1.807, 2.05) is 26.2 Å². The summed E-state index contributed by atoms with van der Waals surface area (Å²) in [7, 11) is 3.75. The smallest absolute Gasteiger partial charge is 0.120 e. The molecule has 0 spiro atoms. The molecule has 4 heteroatoms. The highest BCUT2D eigenvalue weighted by Crippen LogP contribution is 2.12. The van der Waals surface area contributed by atoms with E-state index >= 15 is 0 Å². The van der Waals surface area contributed by atoms with Crippen LogP contribution < -0.4 is 10.6 Å². The third-order valence-electron chi connectivity index (χ3n) is 2.66. The van der Waals surface area contributed by atoms with E-state index < -0.39 is 0 Å². The van der Waals surface area contributed by atoms with Gasteiger partial charge in [0.2, 0.25) is 0 Å². The fraction of sp³-hybridized carbons (Fsp3) is 0.500. The van der Waals surface area contributed by atoms with E-state index in [0.29, 0.717) is 18.1 Å². The summed E-state index contributed by atoms with van der Waals surface area (Å²) in [6.45, 7) is 3.06. The minimum atomic E-state index is 0.300. The van der Waals surface area contributed by atoms with Gasteiger partial charge >= 0.3 is 0 Å². The van der Waals surface area contributed by atoms with Crippen molar-refractivity contribution in [1.29, 1.82) is 0 Å². The average molecular weight is 252 g/mol. The topological polar surface area (TPSA) is 61.4 Å². The Labute approximate surface area is 109 Å². The molecule has 1 unspecified atom stereocenters. The molecule has 1 aromatic rings. The van der Waals surface area contributed by atoms with Crippen LogP contribution in [0.15, 0.2) is 24.3 Å². The zero-order valence-electron chi connectivity index (χ0n) is 11.4. The van der Waals surface area contributed by atoms with Crippen LogP contribution >= 0.6 is 0 Å². The van der Waals surface area contributed by atoms with E-state index in [4.69, 9.17) is 5.11 Å². The molecule has 0 aromatic heterocycles. The number of aldehydes is 1. The van der Waals surface area contributed by atoms with Crippen molar-refractivity contribution in [3.63, 3.8) is 0 Å². The molecule has 0 bridgehead atoms. The van der Waals surface area contributed by atoms with Crippen LogP contribution in [-0.2, 0) is 4.79 Å². The predicted molar refractivity (Wildman–Crippen MR) is 76.0 cm³/mol. The number of benzene rings is 1. The van der Waals surface area contributed by atoms with Gasteiger partial charge in [-0.3, -0.25) is 0 Å². The van der Waals surface area contributed by atoms with E-state index in [1.165, 1.54) is 0 Å². The number of hydrogen-bond acceptors (Lipinski definition) is 4. The average Bonchev–Trinajstić information content (AvgIpc) is 2.40. The van der Waals surface area contributed by atoms with Gasteiger partial charge in [0.1, 0.15) is 12.0 Å². The zero-order chi connectivity index (χ0) is 13.8. The molecule has 3 N–H and O–H groups in total. The van der Waals surface area contributed by atoms with Gasteiger partial charge in [0.15, 0.2) is 0 Å². The maximum absolute atomic E-state index is 10.0. The second-order valence-electron chi connectivity index (χ2n) is 4.03. The molecule has 0 amide bonds. The summed E-state index contributed by atoms with van der Waals surface area (Å²) in [5.74, 6) is 0.835. The van der Waals surface area contributed by atoms with Crippen LogP contribution in [0, 0.1) is 5.92 Å². The molecule has 18 heavy (non-hydrogen) atoms. The Morgan fingerprint density at radius 2 is 1.89 bits per heavy atom. The highest BCUT2D eigenvalue weighted by molar-refractivity contribution is 5.49. The highest BCUT2D eigenvalue weighted by Gasteiger charge is 2.01. The number of rotatable bonds is 6. The summed E-state index contributed by atoms with van der Waals surface area (Å²) in [5.41, 5.74) is 1.01. The Balaban J connectivity index is 0.000000321. The number of carbonyl (C=O) groups excluding carboxylic acids is 1. The third-order valence-corrected chi connectivity index (χ3v) is 2.66. The van der Waals surface area contributed by atoms with Crippen LogP contribution in [0.25, 0.3) is 0 Å². The zero-order valence-corrected chi connectivity index (χ0v) is 11.4. The fourth-order valence-electron chi connectivity index (χ4n) is 1.45. The van der Waals surface area contributed by atoms with E-state index in [9.17, 15) is 4.79 Å². The van der Waals surface area contributed by atoms with Crippen LogP contribution in [0.1, 0.15) is 19.8 Å². The van der Waals surface area contributed by atoms with Gasteiger partial charge in [-0.05, 0) is 43.8 Å². The number of anilines is 1. The molecule has 1 atom stereocenters. The molecule has 0 heterocycles. The number of phenolic OH excluding ortho intramolecular Hbond substituents is 1. The van der Waals surface area contributed by atoms with Crippen molar-refractivity contribution in [2.45, 2.75) is 19.8 Å². The van der Waals surface area contributed by atoms with Crippen molar-refractivity contribution in [3.8, 4) is 5.75 Å². The second kappa shape index (κ2) is 10.6. The van der Waals surface area contributed by atoms with E-state index in [0.717, 1.165) is 24.9 Å². The Morgan fingerprint density at radius 1 is 1.28 bits per heavy atom. The summed E-state index contributed by atoms with van der Waals surface area (Å²) >= 11 is 0. The SMILES string of the molecule is CCC(CC=O)CNC.CNc1ccc(O)cc1. The summed E-state index contributed by atoms with van der Waals surface area (Å²) in [5, 5.41) is 14.8. The first-order valence-electron chi connectivity index (χ1n) is 6.22. The quantitative estimate of drug-likeness (QED) is 0.537. The Morgan fingerprint density at radius 3 is 2.28 bits per heavy atom. The van der Waals surface area contributed by atoms with Crippen molar-refractivity contribution < 1.29 is 9.90 Å². The van der Waals surface area contributed by atoms with Gasteiger partial charge in [0, 0.05) is 19.2 Å². The van der Waals surface area contributed by atoms with Gasteiger partial charge in [0.25, 0.3) is 0 Å². The maximum atomic E-state index is 10.0. The first kappa shape index (κ1) is 16.4. The number of carbonyl (C=O) groups is 1. The predicted octanol–water partition coefficient (Wildman–Crippen LogP) is 2.25. The Hall–Kier alpha value is -1.55. The molecule has 1 aromatic carbocycles. The largest absolute Gasteiger partial charge is 0.508 e. The summed E-state index contributed by atoms with van der Waals surface area (Å²) in [6, 6.07) is 6.92. The van der Waals surface area contributed by atoms with Crippen molar-refractivity contribution in [2.75, 3.05) is 26.0 Å². The number of hydrogen-bond donors (Lipinski definition) is 3. The third kappa shape index (κ3) is 7.68. The highest BCUT2D eigenvalue weighted by atomic mass is 16.3. The summed E-state index contributed by atoms with van der Waals surface area (Å²) in [4.78, 5) is 10.0. The second-order valence-corrected chi connectivity index (χ2v) is 4.03. The van der Waals surface area contributed by atoms with Gasteiger partial charge < -0.3 is 20.5 Å². The van der Waals surface area contributed by atoms with Gasteiger partial charge in [-0.2, -0.15) is 0 Å². The first-order chi connectivity index (χ1) is 8.67. The van der Waals surface area contributed by atoms with Crippen LogP contribution in [-0.4, -0.2) is 32.0 Å². The lowest BCUT2D eigenvalue weighted by molar-refractivity contribution is -0.108. The maximum Gasteiger partial charge on any atom is 0.120 e. The minimum Gasteiger partial charge on any atom is -0.508 e. The number of phenols is 1. The molecule has 0 saturated carbocycles. The molecule has 0 saturated heterocycles. The van der Waals surface area contributed by atoms with E-state index in [1.54, 1.807) is 12.1 Å². The molecule has 0 radical (unpaired) electrons. The molecule has 0 aliphatic rings. The Kier molecular flexibility index (Phi) is 9.68. The summed E-state index contributed by atoms with van der Waals surface area (Å²) in [6.07, 6.45) is 2.77. The fourth-order valence-corrected chi connectivity index (χ4v) is 1.45. The van der Waals surface area contributed by atoms with Crippen molar-refractivity contribution in [2.24, 2.45) is 5.92 Å². The molecule has 4 nitrogen and oxygen atoms in total. The van der Waals surface area contributed by atoms with Gasteiger partial charge in [-0.15, -0.1) is 0 Å². The molecule has 0 fully saturated rings. The van der Waals surface area contributed by atoms with Gasteiger partial charge in [-0.1, -0.05) is 13.3 Å². The molecule has 0 aliphatic carbocycles. The van der Waals surface area contributed by atoms with Gasteiger partial charge in [-0.25, -0.2) is 0 Å². The lowest BCUT2D eigenvalue weighted by Gasteiger charge is -2.08. The normalized spacial score (nSPS) is 11.1. The first-order valence-corrected chi connectivity index (χ1v) is 6.22. The van der Waals surface area contributed by atoms with Crippen molar-refractivity contribution in [1.82, 2.24) is 5.32 Å². The molecule has 1 rings (SSSR count). The molecular formula is C14H24N2O2. The van der Waals surface area contributed by atoms with Gasteiger partial charge in [0.05, 0.1) is 0 Å². The van der Waals surface area contributed by atoms with E-state index in [2.05, 4.69) is 17.6 Å².